The van der Waals surface area contributed by atoms with E-state index in [9.17, 15) is 9.59 Å². The Bertz CT molecular complexity index is 805. The van der Waals surface area contributed by atoms with Crippen LogP contribution in [-0.2, 0) is 9.59 Å². The maximum absolute atomic E-state index is 12.4. The highest BCUT2D eigenvalue weighted by Gasteiger charge is 2.35. The molecule has 2 aromatic heterocycles. The molecule has 0 N–H and O–H groups in total. The Morgan fingerprint density at radius 1 is 1.19 bits per heavy atom. The third kappa shape index (κ3) is 3.62. The number of nitrogens with zero attached hydrogens (tertiary/aromatic N) is 4. The van der Waals surface area contributed by atoms with Crippen LogP contribution in [0.1, 0.15) is 18.6 Å². The Hall–Kier alpha value is -2.29. The molecule has 2 aliphatic rings. The average Bonchev–Trinajstić information content (AvgIpc) is 3.26. The van der Waals surface area contributed by atoms with Crippen LogP contribution in [0.3, 0.4) is 0 Å². The van der Waals surface area contributed by atoms with Crippen molar-refractivity contribution in [2.45, 2.75) is 25.0 Å². The summed E-state index contributed by atoms with van der Waals surface area (Å²) in [6, 6.07) is 1.77. The van der Waals surface area contributed by atoms with Crippen LogP contribution in [0.2, 0.25) is 0 Å². The second kappa shape index (κ2) is 7.14. The molecule has 2 aromatic rings. The summed E-state index contributed by atoms with van der Waals surface area (Å²) in [5.74, 6) is 1.84. The van der Waals surface area contributed by atoms with Crippen LogP contribution in [-0.4, -0.2) is 63.7 Å². The molecule has 1 saturated carbocycles. The SMILES string of the molecule is Cc1occc1-c1nnc(SCC(=O)N2CCN(C(=O)C3CC3)CC2)o1. The van der Waals surface area contributed by atoms with Crippen molar-refractivity contribution in [1.29, 1.82) is 0 Å². The van der Waals surface area contributed by atoms with E-state index in [1.165, 1.54) is 11.8 Å². The summed E-state index contributed by atoms with van der Waals surface area (Å²) in [4.78, 5) is 28.1. The first-order chi connectivity index (χ1) is 12.6. The molecule has 1 aliphatic heterocycles. The predicted molar refractivity (Wildman–Crippen MR) is 93.3 cm³/mol. The predicted octanol–water partition coefficient (Wildman–Crippen LogP) is 1.81. The van der Waals surface area contributed by atoms with E-state index in [1.807, 2.05) is 11.8 Å². The van der Waals surface area contributed by atoms with Crippen molar-refractivity contribution in [3.63, 3.8) is 0 Å². The van der Waals surface area contributed by atoms with E-state index in [-0.39, 0.29) is 23.5 Å². The van der Waals surface area contributed by atoms with Crippen molar-refractivity contribution in [3.05, 3.63) is 18.1 Å². The van der Waals surface area contributed by atoms with Crippen molar-refractivity contribution in [2.24, 2.45) is 5.92 Å². The number of piperazine rings is 1. The second-order valence-corrected chi connectivity index (χ2v) is 7.46. The highest BCUT2D eigenvalue weighted by molar-refractivity contribution is 7.99. The van der Waals surface area contributed by atoms with Gasteiger partial charge in [0.1, 0.15) is 5.76 Å². The minimum atomic E-state index is 0.0211. The number of amides is 2. The van der Waals surface area contributed by atoms with Gasteiger partial charge in [0, 0.05) is 32.1 Å². The van der Waals surface area contributed by atoms with Crippen LogP contribution in [0.25, 0.3) is 11.5 Å². The number of aromatic nitrogens is 2. The van der Waals surface area contributed by atoms with Gasteiger partial charge in [0.25, 0.3) is 11.1 Å². The summed E-state index contributed by atoms with van der Waals surface area (Å²) in [7, 11) is 0. The van der Waals surface area contributed by atoms with Crippen LogP contribution in [0.15, 0.2) is 26.4 Å². The van der Waals surface area contributed by atoms with Crippen LogP contribution in [0.5, 0.6) is 0 Å². The van der Waals surface area contributed by atoms with E-state index in [2.05, 4.69) is 10.2 Å². The first-order valence-electron chi connectivity index (χ1n) is 8.69. The molecule has 138 valence electrons. The fourth-order valence-corrected chi connectivity index (χ4v) is 3.63. The molecule has 1 saturated heterocycles. The van der Waals surface area contributed by atoms with E-state index in [4.69, 9.17) is 8.83 Å². The van der Waals surface area contributed by atoms with Gasteiger partial charge in [-0.15, -0.1) is 10.2 Å². The van der Waals surface area contributed by atoms with Gasteiger partial charge in [0.2, 0.25) is 11.8 Å². The molecule has 26 heavy (non-hydrogen) atoms. The normalized spacial score (nSPS) is 17.6. The molecule has 8 nitrogen and oxygen atoms in total. The van der Waals surface area contributed by atoms with E-state index >= 15 is 0 Å². The Morgan fingerprint density at radius 2 is 1.92 bits per heavy atom. The number of hydrogen-bond acceptors (Lipinski definition) is 7. The third-order valence-corrected chi connectivity index (χ3v) is 5.49. The quantitative estimate of drug-likeness (QED) is 0.735. The molecule has 0 bridgehead atoms. The van der Waals surface area contributed by atoms with E-state index in [0.29, 0.717) is 43.1 Å². The smallest absolute Gasteiger partial charge is 0.277 e. The lowest BCUT2D eigenvalue weighted by molar-refractivity contribution is -0.139. The lowest BCUT2D eigenvalue weighted by Gasteiger charge is -2.34. The maximum Gasteiger partial charge on any atom is 0.277 e. The molecule has 2 fully saturated rings. The van der Waals surface area contributed by atoms with Crippen LogP contribution >= 0.6 is 11.8 Å². The number of carbonyl (C=O) groups excluding carboxylic acids is 2. The summed E-state index contributed by atoms with van der Waals surface area (Å²) >= 11 is 1.23. The fraction of sp³-hybridized carbons (Fsp3) is 0.529. The topological polar surface area (TPSA) is 92.7 Å². The van der Waals surface area contributed by atoms with Crippen LogP contribution in [0.4, 0.5) is 0 Å². The molecule has 0 unspecified atom stereocenters. The minimum absolute atomic E-state index is 0.0211. The first kappa shape index (κ1) is 17.1. The Balaban J connectivity index is 1.26. The summed E-state index contributed by atoms with van der Waals surface area (Å²) in [5.41, 5.74) is 0.757. The number of aryl methyl sites for hydroxylation is 1. The molecule has 1 aliphatic carbocycles. The fourth-order valence-electron chi connectivity index (χ4n) is 2.96. The molecule has 0 aromatic carbocycles. The number of furan rings is 1. The zero-order valence-corrected chi connectivity index (χ0v) is 15.3. The second-order valence-electron chi connectivity index (χ2n) is 6.53. The van der Waals surface area contributed by atoms with E-state index < -0.39 is 0 Å². The van der Waals surface area contributed by atoms with E-state index in [0.717, 1.165) is 18.4 Å². The number of rotatable bonds is 5. The van der Waals surface area contributed by atoms with Gasteiger partial charge >= 0.3 is 0 Å². The van der Waals surface area contributed by atoms with E-state index in [1.54, 1.807) is 17.2 Å². The van der Waals surface area contributed by atoms with Crippen molar-refractivity contribution >= 4 is 23.6 Å². The standard InChI is InChI=1S/C17H20N4O4S/c1-11-13(4-9-24-11)15-18-19-17(25-15)26-10-14(22)20-5-7-21(8-6-20)16(23)12-2-3-12/h4,9,12H,2-3,5-8,10H2,1H3. The molecule has 2 amide bonds. The monoisotopic (exact) mass is 376 g/mol. The highest BCUT2D eigenvalue weighted by atomic mass is 32.2. The van der Waals surface area contributed by atoms with Gasteiger partial charge in [-0.3, -0.25) is 9.59 Å². The van der Waals surface area contributed by atoms with Crippen LogP contribution < -0.4 is 0 Å². The summed E-state index contributed by atoms with van der Waals surface area (Å²) in [6.45, 7) is 4.23. The molecule has 0 spiro atoms. The highest BCUT2D eigenvalue weighted by Crippen LogP contribution is 2.31. The molecule has 0 radical (unpaired) electrons. The van der Waals surface area contributed by atoms with Gasteiger partial charge in [-0.2, -0.15) is 0 Å². The zero-order valence-electron chi connectivity index (χ0n) is 14.5. The molecule has 3 heterocycles. The lowest BCUT2D eigenvalue weighted by Crippen LogP contribution is -2.51. The van der Waals surface area contributed by atoms with Gasteiger partial charge in [-0.1, -0.05) is 11.8 Å². The average molecular weight is 376 g/mol. The van der Waals surface area contributed by atoms with Crippen molar-refractivity contribution in [3.8, 4) is 11.5 Å². The summed E-state index contributed by atoms with van der Waals surface area (Å²) < 4.78 is 10.8. The maximum atomic E-state index is 12.4. The molecule has 0 atom stereocenters. The van der Waals surface area contributed by atoms with Gasteiger partial charge in [-0.25, -0.2) is 0 Å². The van der Waals surface area contributed by atoms with Gasteiger partial charge in [0.05, 0.1) is 17.6 Å². The molecule has 4 rings (SSSR count). The number of carbonyl (C=O) groups is 2. The molecular formula is C17H20N4O4S. The third-order valence-electron chi connectivity index (χ3n) is 4.69. The Labute approximate surface area is 154 Å². The number of thioether (sulfide) groups is 1. The Kier molecular flexibility index (Phi) is 4.71. The summed E-state index contributed by atoms with van der Waals surface area (Å²) in [6.07, 6.45) is 3.59. The van der Waals surface area contributed by atoms with Crippen LogP contribution in [0, 0.1) is 12.8 Å². The van der Waals surface area contributed by atoms with Crippen molar-refractivity contribution < 1.29 is 18.4 Å². The van der Waals surface area contributed by atoms with Gasteiger partial charge in [-0.05, 0) is 25.8 Å². The zero-order chi connectivity index (χ0) is 18.1. The minimum Gasteiger partial charge on any atom is -0.469 e. The lowest BCUT2D eigenvalue weighted by atomic mass is 10.2. The first-order valence-corrected chi connectivity index (χ1v) is 9.67. The Morgan fingerprint density at radius 3 is 2.58 bits per heavy atom. The number of hydrogen-bond donors (Lipinski definition) is 0. The molecular weight excluding hydrogens is 356 g/mol. The van der Waals surface area contributed by atoms with Gasteiger partial charge < -0.3 is 18.6 Å². The van der Waals surface area contributed by atoms with Gasteiger partial charge in [0.15, 0.2) is 0 Å². The molecule has 9 heteroatoms. The van der Waals surface area contributed by atoms with Crippen molar-refractivity contribution in [2.75, 3.05) is 31.9 Å². The summed E-state index contributed by atoms with van der Waals surface area (Å²) in [5, 5.41) is 8.33. The van der Waals surface area contributed by atoms with Crippen molar-refractivity contribution in [1.82, 2.24) is 20.0 Å². The largest absolute Gasteiger partial charge is 0.469 e.